The number of carbonyl (C=O) groups excluding carboxylic acids is 2. The van der Waals surface area contributed by atoms with Crippen LogP contribution in [0.4, 0.5) is 8.78 Å². The van der Waals surface area contributed by atoms with Crippen LogP contribution in [0.25, 0.3) is 0 Å². The van der Waals surface area contributed by atoms with Crippen molar-refractivity contribution in [2.75, 3.05) is 19.6 Å². The smallest absolute Gasteiger partial charge is 0.249 e. The van der Waals surface area contributed by atoms with Gasteiger partial charge in [0.25, 0.3) is 0 Å². The molecule has 1 saturated carbocycles. The Morgan fingerprint density at radius 2 is 1.72 bits per heavy atom. The van der Waals surface area contributed by atoms with Gasteiger partial charge in [-0.3, -0.25) is 19.5 Å². The number of alkyl halides is 2. The molecule has 1 aromatic heterocycles. The second-order valence-electron chi connectivity index (χ2n) is 11.7. The maximum Gasteiger partial charge on any atom is 0.249 e. The summed E-state index contributed by atoms with van der Waals surface area (Å²) in [4.78, 5) is 32.8. The lowest BCUT2D eigenvalue weighted by atomic mass is 9.80. The molecule has 212 valence electrons. The molecule has 3 atom stereocenters. The Labute approximate surface area is 238 Å². The average Bonchev–Trinajstić information content (AvgIpc) is 3.31. The van der Waals surface area contributed by atoms with Gasteiger partial charge in [0.1, 0.15) is 0 Å². The normalized spacial score (nSPS) is 22.2. The Bertz CT molecular complexity index is 1150. The van der Waals surface area contributed by atoms with Crippen molar-refractivity contribution >= 4 is 35.0 Å². The third kappa shape index (κ3) is 7.68. The zero-order valence-corrected chi connectivity index (χ0v) is 24.0. The zero-order chi connectivity index (χ0) is 28.4. The minimum Gasteiger partial charge on any atom is -0.356 e. The maximum atomic E-state index is 13.3. The first kappa shape index (κ1) is 29.7. The van der Waals surface area contributed by atoms with Crippen molar-refractivity contribution in [3.8, 4) is 0 Å². The minimum atomic E-state index is -2.76. The predicted octanol–water partition coefficient (Wildman–Crippen LogP) is 6.00. The highest BCUT2D eigenvalue weighted by Gasteiger charge is 2.49. The van der Waals surface area contributed by atoms with Crippen LogP contribution in [-0.4, -0.2) is 52.8 Å². The van der Waals surface area contributed by atoms with E-state index in [4.69, 9.17) is 23.2 Å². The Hall–Kier alpha value is -2.29. The molecule has 2 amide bonds. The molecule has 1 aliphatic heterocycles. The molecule has 2 heterocycles. The van der Waals surface area contributed by atoms with E-state index in [0.29, 0.717) is 36.0 Å². The van der Waals surface area contributed by atoms with Gasteiger partial charge in [0.2, 0.25) is 17.7 Å². The molecule has 0 radical (unpaired) electrons. The van der Waals surface area contributed by atoms with Crippen LogP contribution in [0.1, 0.15) is 69.7 Å². The van der Waals surface area contributed by atoms with E-state index < -0.39 is 24.7 Å². The van der Waals surface area contributed by atoms with Crippen LogP contribution in [-0.2, 0) is 9.59 Å². The number of carbonyl (C=O) groups is 2. The lowest BCUT2D eigenvalue weighted by Gasteiger charge is -2.35. The monoisotopic (exact) mass is 580 g/mol. The molecular weight excluding hydrogens is 545 g/mol. The van der Waals surface area contributed by atoms with Gasteiger partial charge in [-0.05, 0) is 63.4 Å². The number of rotatable bonds is 9. The molecule has 39 heavy (non-hydrogen) atoms. The van der Waals surface area contributed by atoms with Gasteiger partial charge in [-0.2, -0.15) is 0 Å². The van der Waals surface area contributed by atoms with Crippen molar-refractivity contribution in [2.45, 2.75) is 69.9 Å². The number of aromatic nitrogens is 1. The van der Waals surface area contributed by atoms with Crippen LogP contribution >= 0.6 is 23.2 Å². The molecule has 0 bridgehead atoms. The van der Waals surface area contributed by atoms with Gasteiger partial charge in [-0.25, -0.2) is 8.78 Å². The average molecular weight is 582 g/mol. The maximum absolute atomic E-state index is 13.3. The number of likely N-dealkylation sites (tertiary alicyclic amines) is 1. The number of hydrogen-bond acceptors (Lipinski definition) is 4. The van der Waals surface area contributed by atoms with Gasteiger partial charge in [-0.1, -0.05) is 35.3 Å². The molecule has 10 heteroatoms. The molecule has 2 unspecified atom stereocenters. The summed E-state index contributed by atoms with van der Waals surface area (Å²) < 4.78 is 26.6. The SMILES string of the molecule is CC(C)(C)N1CC(c2ccc(Cl)cn2)[C@H](C(=O)NCCCC(NC(=O)C2CC(F)(F)C2)c2ccc(Cl)cc2)C1. The van der Waals surface area contributed by atoms with Crippen LogP contribution in [0, 0.1) is 11.8 Å². The summed E-state index contributed by atoms with van der Waals surface area (Å²) >= 11 is 12.1. The van der Waals surface area contributed by atoms with Gasteiger partial charge in [-0.15, -0.1) is 0 Å². The quantitative estimate of drug-likeness (QED) is 0.357. The lowest BCUT2D eigenvalue weighted by Crippen LogP contribution is -2.46. The van der Waals surface area contributed by atoms with Crippen LogP contribution < -0.4 is 10.6 Å². The topological polar surface area (TPSA) is 74.3 Å². The fourth-order valence-electron chi connectivity index (χ4n) is 5.33. The molecule has 2 aromatic rings. The molecule has 2 aliphatic rings. The van der Waals surface area contributed by atoms with Crippen LogP contribution in [0.2, 0.25) is 10.0 Å². The van der Waals surface area contributed by atoms with Crippen LogP contribution in [0.5, 0.6) is 0 Å². The summed E-state index contributed by atoms with van der Waals surface area (Å²) in [5.74, 6) is -4.15. The van der Waals surface area contributed by atoms with Gasteiger partial charge in [0.15, 0.2) is 0 Å². The molecule has 2 N–H and O–H groups in total. The first-order valence-corrected chi connectivity index (χ1v) is 14.2. The minimum absolute atomic E-state index is 0.0349. The van der Waals surface area contributed by atoms with E-state index in [2.05, 4.69) is 41.3 Å². The summed E-state index contributed by atoms with van der Waals surface area (Å²) in [7, 11) is 0. The molecule has 0 spiro atoms. The van der Waals surface area contributed by atoms with Gasteiger partial charge in [0.05, 0.1) is 17.0 Å². The largest absolute Gasteiger partial charge is 0.356 e. The summed E-state index contributed by atoms with van der Waals surface area (Å²) in [5.41, 5.74) is 1.60. The van der Waals surface area contributed by atoms with E-state index in [1.54, 1.807) is 24.4 Å². The van der Waals surface area contributed by atoms with Crippen molar-refractivity contribution in [2.24, 2.45) is 11.8 Å². The highest BCUT2D eigenvalue weighted by Crippen LogP contribution is 2.42. The van der Waals surface area contributed by atoms with Gasteiger partial charge in [0, 0.05) is 66.8 Å². The second kappa shape index (κ2) is 12.1. The number of nitrogens with one attached hydrogen (secondary N) is 2. The summed E-state index contributed by atoms with van der Waals surface area (Å²) in [6.45, 7) is 8.18. The number of amides is 2. The number of pyridine rings is 1. The van der Waals surface area contributed by atoms with Crippen LogP contribution in [0.15, 0.2) is 42.6 Å². The van der Waals surface area contributed by atoms with Crippen LogP contribution in [0.3, 0.4) is 0 Å². The predicted molar refractivity (Wildman–Crippen MR) is 149 cm³/mol. The van der Waals surface area contributed by atoms with Crippen molar-refractivity contribution in [3.63, 3.8) is 0 Å². The Balaban J connectivity index is 1.36. The van der Waals surface area contributed by atoms with Crippen molar-refractivity contribution in [1.29, 1.82) is 0 Å². The molecule has 2 fully saturated rings. The molecule has 6 nitrogen and oxygen atoms in total. The Morgan fingerprint density at radius 3 is 2.31 bits per heavy atom. The summed E-state index contributed by atoms with van der Waals surface area (Å²) in [6.07, 6.45) is 1.91. The first-order valence-electron chi connectivity index (χ1n) is 13.4. The van der Waals surface area contributed by atoms with Crippen molar-refractivity contribution in [3.05, 3.63) is 63.9 Å². The van der Waals surface area contributed by atoms with Gasteiger partial charge >= 0.3 is 0 Å². The lowest BCUT2D eigenvalue weighted by molar-refractivity contribution is -0.150. The Morgan fingerprint density at radius 1 is 1.05 bits per heavy atom. The third-order valence-electron chi connectivity index (χ3n) is 7.75. The number of halogens is 4. The van der Waals surface area contributed by atoms with E-state index in [1.165, 1.54) is 0 Å². The molecule has 4 rings (SSSR count). The number of benzene rings is 1. The highest BCUT2D eigenvalue weighted by molar-refractivity contribution is 6.30. The van der Waals surface area contributed by atoms with E-state index in [0.717, 1.165) is 17.8 Å². The molecule has 1 saturated heterocycles. The van der Waals surface area contributed by atoms with E-state index >= 15 is 0 Å². The van der Waals surface area contributed by atoms with E-state index in [9.17, 15) is 18.4 Å². The summed E-state index contributed by atoms with van der Waals surface area (Å²) in [5, 5.41) is 7.14. The van der Waals surface area contributed by atoms with Crippen molar-refractivity contribution < 1.29 is 18.4 Å². The number of hydrogen-bond donors (Lipinski definition) is 2. The highest BCUT2D eigenvalue weighted by atomic mass is 35.5. The number of nitrogens with zero attached hydrogens (tertiary/aromatic N) is 2. The van der Waals surface area contributed by atoms with E-state index in [-0.39, 0.29) is 35.2 Å². The van der Waals surface area contributed by atoms with Crippen molar-refractivity contribution in [1.82, 2.24) is 20.5 Å². The van der Waals surface area contributed by atoms with E-state index in [1.807, 2.05) is 18.2 Å². The fraction of sp³-hybridized carbons (Fsp3) is 0.552. The third-order valence-corrected chi connectivity index (χ3v) is 8.23. The zero-order valence-electron chi connectivity index (χ0n) is 22.5. The summed E-state index contributed by atoms with van der Waals surface area (Å²) in [6, 6.07) is 10.4. The molecule has 1 aromatic carbocycles. The second-order valence-corrected chi connectivity index (χ2v) is 12.6. The Kier molecular flexibility index (Phi) is 9.19. The first-order chi connectivity index (χ1) is 18.3. The molecular formula is C29H36Cl2F2N4O2. The fourth-order valence-corrected chi connectivity index (χ4v) is 5.56. The standard InChI is InChI=1S/C29H36Cl2F2N4O2/c1-28(2,3)37-16-22(25-11-10-21(31)15-35-25)23(17-37)27(39)34-12-4-5-24(18-6-8-20(30)9-7-18)36-26(38)19-13-29(32,33)14-19/h6-11,15,19,22-24H,4-5,12-14,16-17H2,1-3H3,(H,34,39)(H,36,38)/t22?,23-,24?/m1/s1. The van der Waals surface area contributed by atoms with Gasteiger partial charge < -0.3 is 10.6 Å². The molecule has 1 aliphatic carbocycles.